The van der Waals surface area contributed by atoms with Gasteiger partial charge in [0.15, 0.2) is 0 Å². The van der Waals surface area contributed by atoms with E-state index in [1.54, 1.807) is 0 Å². The van der Waals surface area contributed by atoms with Gasteiger partial charge in [0, 0.05) is 0 Å². The first kappa shape index (κ1) is 11.9. The number of ether oxygens (including phenoxy) is 2. The summed E-state index contributed by atoms with van der Waals surface area (Å²) in [5.41, 5.74) is 4.27. The third kappa shape index (κ3) is 1.74. The Kier molecular flexibility index (Phi) is 2.97. The van der Waals surface area contributed by atoms with Crippen LogP contribution in [0.25, 0.3) is 0 Å². The highest BCUT2D eigenvalue weighted by Gasteiger charge is 2.43. The minimum absolute atomic E-state index is 0.132. The Morgan fingerprint density at radius 3 is 2.19 bits per heavy atom. The smallest absolute Gasteiger partial charge is 0.113 e. The maximum atomic E-state index is 5.87. The number of rotatable bonds is 0. The molecule has 2 aliphatic rings. The third-order valence-electron chi connectivity index (χ3n) is 3.43. The quantitative estimate of drug-likeness (QED) is 0.627. The molecule has 0 aromatic carbocycles. The highest BCUT2D eigenvalue weighted by atomic mass is 16.6. The summed E-state index contributed by atoms with van der Waals surface area (Å²) < 4.78 is 11.7. The zero-order chi connectivity index (χ0) is 11.9. The third-order valence-corrected chi connectivity index (χ3v) is 3.43. The van der Waals surface area contributed by atoms with E-state index in [1.165, 1.54) is 16.7 Å². The summed E-state index contributed by atoms with van der Waals surface area (Å²) in [6.45, 7) is 12.5. The van der Waals surface area contributed by atoms with E-state index in [2.05, 4.69) is 40.7 Å². The van der Waals surface area contributed by atoms with Crippen LogP contribution in [0.1, 0.15) is 34.6 Å². The molecule has 1 fully saturated rings. The van der Waals surface area contributed by atoms with Gasteiger partial charge < -0.3 is 9.47 Å². The van der Waals surface area contributed by atoms with Crippen LogP contribution in [0.3, 0.4) is 0 Å². The molecule has 1 aliphatic heterocycles. The standard InChI is InChI=1S/C14H22O2/c1-6-10-11(14(3,4)5)9(2)12-13(10)16-8-7-15-12/h6,12-13H,7-8H2,1-5H3/b10-6+/t12-,13+/m0/s1. The molecule has 0 N–H and O–H groups in total. The largest absolute Gasteiger partial charge is 0.368 e. The summed E-state index contributed by atoms with van der Waals surface area (Å²) in [6, 6.07) is 0. The van der Waals surface area contributed by atoms with Crippen molar-refractivity contribution >= 4 is 0 Å². The first-order valence-electron chi connectivity index (χ1n) is 6.08. The molecular weight excluding hydrogens is 200 g/mol. The second-order valence-corrected chi connectivity index (χ2v) is 5.63. The fourth-order valence-corrected chi connectivity index (χ4v) is 2.98. The lowest BCUT2D eigenvalue weighted by Gasteiger charge is -2.29. The summed E-state index contributed by atoms with van der Waals surface area (Å²) in [6.07, 6.45) is 2.46. The summed E-state index contributed by atoms with van der Waals surface area (Å²) in [4.78, 5) is 0. The van der Waals surface area contributed by atoms with Gasteiger partial charge in [-0.1, -0.05) is 26.8 Å². The normalized spacial score (nSPS) is 33.4. The molecule has 2 nitrogen and oxygen atoms in total. The Bertz CT molecular complexity index is 344. The van der Waals surface area contributed by atoms with Crippen molar-refractivity contribution in [1.82, 2.24) is 0 Å². The fraction of sp³-hybridized carbons (Fsp3) is 0.714. The zero-order valence-electron chi connectivity index (χ0n) is 11.0. The van der Waals surface area contributed by atoms with Crippen molar-refractivity contribution in [1.29, 1.82) is 0 Å². The van der Waals surface area contributed by atoms with Gasteiger partial charge in [0.1, 0.15) is 12.2 Å². The Morgan fingerprint density at radius 2 is 1.69 bits per heavy atom. The molecule has 16 heavy (non-hydrogen) atoms. The molecule has 0 spiro atoms. The highest BCUT2D eigenvalue weighted by Crippen LogP contribution is 2.45. The van der Waals surface area contributed by atoms with E-state index >= 15 is 0 Å². The monoisotopic (exact) mass is 222 g/mol. The average molecular weight is 222 g/mol. The van der Waals surface area contributed by atoms with Crippen molar-refractivity contribution in [3.05, 3.63) is 22.8 Å². The highest BCUT2D eigenvalue weighted by molar-refractivity contribution is 5.50. The fourth-order valence-electron chi connectivity index (χ4n) is 2.98. The van der Waals surface area contributed by atoms with Gasteiger partial charge in [-0.25, -0.2) is 0 Å². The van der Waals surface area contributed by atoms with Crippen molar-refractivity contribution in [2.24, 2.45) is 5.41 Å². The predicted molar refractivity (Wildman–Crippen MR) is 65.4 cm³/mol. The van der Waals surface area contributed by atoms with Crippen molar-refractivity contribution in [3.63, 3.8) is 0 Å². The molecule has 0 radical (unpaired) electrons. The van der Waals surface area contributed by atoms with Crippen LogP contribution in [-0.4, -0.2) is 25.4 Å². The van der Waals surface area contributed by atoms with E-state index in [1.807, 2.05) is 0 Å². The minimum atomic E-state index is 0.132. The van der Waals surface area contributed by atoms with Crippen molar-refractivity contribution in [2.45, 2.75) is 46.8 Å². The van der Waals surface area contributed by atoms with Gasteiger partial charge in [-0.2, -0.15) is 0 Å². The number of allylic oxidation sites excluding steroid dienone is 1. The molecule has 1 saturated heterocycles. The van der Waals surface area contributed by atoms with E-state index in [4.69, 9.17) is 9.47 Å². The van der Waals surface area contributed by atoms with Crippen LogP contribution in [0, 0.1) is 5.41 Å². The van der Waals surface area contributed by atoms with Gasteiger partial charge in [0.05, 0.1) is 13.2 Å². The van der Waals surface area contributed by atoms with Crippen LogP contribution >= 0.6 is 0 Å². The van der Waals surface area contributed by atoms with Crippen LogP contribution in [0.2, 0.25) is 0 Å². The summed E-state index contributed by atoms with van der Waals surface area (Å²) >= 11 is 0. The molecule has 0 saturated carbocycles. The molecule has 1 heterocycles. The van der Waals surface area contributed by atoms with Gasteiger partial charge in [-0.3, -0.25) is 0 Å². The topological polar surface area (TPSA) is 18.5 Å². The van der Waals surface area contributed by atoms with Gasteiger partial charge in [0.25, 0.3) is 0 Å². The first-order chi connectivity index (χ1) is 7.46. The molecule has 0 aromatic heterocycles. The lowest BCUT2D eigenvalue weighted by Crippen LogP contribution is -2.36. The summed E-state index contributed by atoms with van der Waals surface area (Å²) in [7, 11) is 0. The van der Waals surface area contributed by atoms with E-state index in [-0.39, 0.29) is 17.6 Å². The molecule has 1 aliphatic carbocycles. The van der Waals surface area contributed by atoms with Crippen LogP contribution in [0.4, 0.5) is 0 Å². The Morgan fingerprint density at radius 1 is 1.12 bits per heavy atom. The van der Waals surface area contributed by atoms with Crippen molar-refractivity contribution < 1.29 is 9.47 Å². The summed E-state index contributed by atoms with van der Waals surface area (Å²) in [5, 5.41) is 0. The Labute approximate surface area is 98.3 Å². The van der Waals surface area contributed by atoms with E-state index in [9.17, 15) is 0 Å². The summed E-state index contributed by atoms with van der Waals surface area (Å²) in [5.74, 6) is 0. The van der Waals surface area contributed by atoms with Crippen molar-refractivity contribution in [2.75, 3.05) is 13.2 Å². The van der Waals surface area contributed by atoms with E-state index < -0.39 is 0 Å². The number of hydrogen-bond acceptors (Lipinski definition) is 2. The maximum absolute atomic E-state index is 5.87. The number of fused-ring (bicyclic) bond motifs is 1. The molecule has 2 rings (SSSR count). The molecule has 0 aromatic rings. The predicted octanol–water partition coefficient (Wildman–Crippen LogP) is 3.09. The maximum Gasteiger partial charge on any atom is 0.113 e. The van der Waals surface area contributed by atoms with Crippen LogP contribution in [-0.2, 0) is 9.47 Å². The molecule has 0 unspecified atom stereocenters. The molecule has 0 amide bonds. The lowest BCUT2D eigenvalue weighted by molar-refractivity contribution is -0.104. The van der Waals surface area contributed by atoms with Gasteiger partial charge >= 0.3 is 0 Å². The van der Waals surface area contributed by atoms with Crippen molar-refractivity contribution in [3.8, 4) is 0 Å². The van der Waals surface area contributed by atoms with Gasteiger partial charge in [-0.05, 0) is 36.0 Å². The number of hydrogen-bond donors (Lipinski definition) is 0. The minimum Gasteiger partial charge on any atom is -0.368 e. The van der Waals surface area contributed by atoms with Crippen LogP contribution < -0.4 is 0 Å². The Hall–Kier alpha value is -0.600. The van der Waals surface area contributed by atoms with Gasteiger partial charge in [0.2, 0.25) is 0 Å². The molecule has 2 heteroatoms. The first-order valence-corrected chi connectivity index (χ1v) is 6.08. The zero-order valence-corrected chi connectivity index (χ0v) is 11.0. The molecule has 90 valence electrons. The van der Waals surface area contributed by atoms with Crippen LogP contribution in [0.5, 0.6) is 0 Å². The van der Waals surface area contributed by atoms with E-state index in [0.29, 0.717) is 13.2 Å². The average Bonchev–Trinajstić information content (AvgIpc) is 2.51. The molecule has 2 atom stereocenters. The SMILES string of the molecule is C/C=C1\C(C(C)(C)C)=C(C)[C@@H]2OCCO[C@H]12. The second-order valence-electron chi connectivity index (χ2n) is 5.63. The van der Waals surface area contributed by atoms with Gasteiger partial charge in [-0.15, -0.1) is 0 Å². The molecular formula is C14H22O2. The van der Waals surface area contributed by atoms with E-state index in [0.717, 1.165) is 0 Å². The van der Waals surface area contributed by atoms with Crippen LogP contribution in [0.15, 0.2) is 22.8 Å². The second kappa shape index (κ2) is 4.01. The Balaban J connectivity index is 2.44. The molecule has 0 bridgehead atoms. The lowest BCUT2D eigenvalue weighted by atomic mass is 9.81.